The number of thiophene rings is 2. The smallest absolute Gasteiger partial charge is 0.0748 e. The molecule has 0 saturated carbocycles. The molecule has 2 aromatic heterocycles. The molecular weight excluding hydrogens is 312 g/mol. The number of halogens is 1. The molecule has 0 saturated heterocycles. The number of alkyl halides is 1. The molecule has 1 aliphatic carbocycles. The molecule has 0 bridgehead atoms. The summed E-state index contributed by atoms with van der Waals surface area (Å²) in [5.41, 5.74) is 3.05. The van der Waals surface area contributed by atoms with Gasteiger partial charge in [-0.1, -0.05) is 15.9 Å². The van der Waals surface area contributed by atoms with Crippen molar-refractivity contribution < 1.29 is 0 Å². The van der Waals surface area contributed by atoms with Crippen molar-refractivity contribution in [3.05, 3.63) is 42.8 Å². The first-order valence-electron chi connectivity index (χ1n) is 5.97. The van der Waals surface area contributed by atoms with Gasteiger partial charge in [0.2, 0.25) is 0 Å². The third kappa shape index (κ3) is 2.13. The van der Waals surface area contributed by atoms with Gasteiger partial charge in [0, 0.05) is 19.5 Å². The molecule has 3 rings (SSSR count). The maximum absolute atomic E-state index is 3.88. The molecule has 90 valence electrons. The van der Waals surface area contributed by atoms with Gasteiger partial charge in [-0.05, 0) is 56.4 Å². The van der Waals surface area contributed by atoms with E-state index >= 15 is 0 Å². The van der Waals surface area contributed by atoms with Crippen LogP contribution in [0.3, 0.4) is 0 Å². The Labute approximate surface area is 119 Å². The zero-order chi connectivity index (χ0) is 12.0. The number of hydrogen-bond acceptors (Lipinski definition) is 2. The van der Waals surface area contributed by atoms with E-state index in [0.29, 0.717) is 4.83 Å². The quantitative estimate of drug-likeness (QED) is 0.648. The second-order valence-corrected chi connectivity index (χ2v) is 8.23. The summed E-state index contributed by atoms with van der Waals surface area (Å²) < 4.78 is 0. The average Bonchev–Trinajstić information content (AvgIpc) is 2.90. The molecule has 0 amide bonds. The lowest BCUT2D eigenvalue weighted by atomic mass is 10.1. The van der Waals surface area contributed by atoms with Crippen LogP contribution in [-0.2, 0) is 12.8 Å². The fourth-order valence-electron chi connectivity index (χ4n) is 2.53. The molecule has 0 N–H and O–H groups in total. The van der Waals surface area contributed by atoms with Crippen LogP contribution in [0, 0.1) is 13.8 Å². The maximum Gasteiger partial charge on any atom is 0.0748 e. The molecule has 0 aromatic carbocycles. The van der Waals surface area contributed by atoms with Crippen LogP contribution in [0.25, 0.3) is 0 Å². The normalized spacial score (nSPS) is 16.2. The minimum Gasteiger partial charge on any atom is -0.146 e. The van der Waals surface area contributed by atoms with Gasteiger partial charge in [0.05, 0.1) is 4.83 Å². The van der Waals surface area contributed by atoms with Gasteiger partial charge in [-0.15, -0.1) is 22.7 Å². The minimum absolute atomic E-state index is 0.392. The monoisotopic (exact) mass is 326 g/mol. The predicted molar refractivity (Wildman–Crippen MR) is 80.9 cm³/mol. The highest BCUT2D eigenvalue weighted by molar-refractivity contribution is 9.09. The molecule has 1 unspecified atom stereocenters. The van der Waals surface area contributed by atoms with Gasteiger partial charge >= 0.3 is 0 Å². The average molecular weight is 327 g/mol. The number of rotatable bonds is 2. The van der Waals surface area contributed by atoms with Crippen LogP contribution in [0.2, 0.25) is 0 Å². The van der Waals surface area contributed by atoms with E-state index in [1.807, 2.05) is 22.7 Å². The van der Waals surface area contributed by atoms with Crippen molar-refractivity contribution in [1.29, 1.82) is 0 Å². The van der Waals surface area contributed by atoms with Crippen LogP contribution in [0.1, 0.15) is 41.9 Å². The van der Waals surface area contributed by atoms with Crippen molar-refractivity contribution in [3.8, 4) is 0 Å². The summed E-state index contributed by atoms with van der Waals surface area (Å²) in [6, 6.07) is 4.74. The van der Waals surface area contributed by atoms with Crippen LogP contribution < -0.4 is 0 Å². The lowest BCUT2D eigenvalue weighted by Gasteiger charge is -2.07. The summed E-state index contributed by atoms with van der Waals surface area (Å²) >= 11 is 7.77. The van der Waals surface area contributed by atoms with Gasteiger partial charge in [0.15, 0.2) is 0 Å². The Bertz CT molecular complexity index is 529. The number of hydrogen-bond donors (Lipinski definition) is 0. The standard InChI is InChI=1S/C14H15BrS2/c1-8-6-11(9(2)16-8)14(15)13-7-10-4-3-5-12(10)17-13/h6-7,14H,3-5H2,1-2H3. The molecule has 0 radical (unpaired) electrons. The Morgan fingerprint density at radius 3 is 2.65 bits per heavy atom. The Morgan fingerprint density at radius 2 is 2.00 bits per heavy atom. The highest BCUT2D eigenvalue weighted by Gasteiger charge is 2.21. The van der Waals surface area contributed by atoms with Gasteiger partial charge in [-0.2, -0.15) is 0 Å². The molecule has 0 fully saturated rings. The predicted octanol–water partition coefficient (Wildman–Crippen LogP) is 5.40. The van der Waals surface area contributed by atoms with Crippen molar-refractivity contribution in [2.45, 2.75) is 37.9 Å². The SMILES string of the molecule is Cc1cc(C(Br)c2cc3c(s2)CCC3)c(C)s1. The first-order chi connectivity index (χ1) is 8.15. The van der Waals surface area contributed by atoms with Crippen molar-refractivity contribution >= 4 is 38.6 Å². The van der Waals surface area contributed by atoms with E-state index in [4.69, 9.17) is 0 Å². The van der Waals surface area contributed by atoms with E-state index in [9.17, 15) is 0 Å². The van der Waals surface area contributed by atoms with E-state index in [1.165, 1.54) is 39.5 Å². The summed E-state index contributed by atoms with van der Waals surface area (Å²) in [4.78, 5) is 6.34. The van der Waals surface area contributed by atoms with Gasteiger partial charge in [-0.25, -0.2) is 0 Å². The van der Waals surface area contributed by atoms with Gasteiger partial charge < -0.3 is 0 Å². The van der Waals surface area contributed by atoms with Crippen molar-refractivity contribution in [3.63, 3.8) is 0 Å². The Morgan fingerprint density at radius 1 is 1.18 bits per heavy atom. The lowest BCUT2D eigenvalue weighted by molar-refractivity contribution is 0.913. The van der Waals surface area contributed by atoms with E-state index in [1.54, 1.807) is 10.4 Å². The second kappa shape index (κ2) is 4.52. The highest BCUT2D eigenvalue weighted by Crippen LogP contribution is 2.42. The van der Waals surface area contributed by atoms with Gasteiger partial charge in [0.25, 0.3) is 0 Å². The minimum atomic E-state index is 0.392. The summed E-state index contributed by atoms with van der Waals surface area (Å²) in [6.45, 7) is 4.41. The number of fused-ring (bicyclic) bond motifs is 1. The Kier molecular flexibility index (Phi) is 3.18. The molecule has 0 aliphatic heterocycles. The molecule has 0 nitrogen and oxygen atoms in total. The molecule has 0 spiro atoms. The van der Waals surface area contributed by atoms with E-state index in [-0.39, 0.29) is 0 Å². The summed E-state index contributed by atoms with van der Waals surface area (Å²) in [6.07, 6.45) is 3.93. The van der Waals surface area contributed by atoms with E-state index in [2.05, 4.69) is 41.9 Å². The van der Waals surface area contributed by atoms with Crippen LogP contribution in [0.5, 0.6) is 0 Å². The first-order valence-corrected chi connectivity index (χ1v) is 8.52. The maximum atomic E-state index is 3.88. The zero-order valence-electron chi connectivity index (χ0n) is 10.0. The Hall–Kier alpha value is -0.120. The topological polar surface area (TPSA) is 0 Å². The third-order valence-corrected chi connectivity index (χ3v) is 6.94. The molecule has 1 atom stereocenters. The van der Waals surface area contributed by atoms with E-state index in [0.717, 1.165) is 0 Å². The lowest BCUT2D eigenvalue weighted by Crippen LogP contribution is -1.89. The summed E-state index contributed by atoms with van der Waals surface area (Å²) in [5.74, 6) is 0. The van der Waals surface area contributed by atoms with Crippen LogP contribution in [0.4, 0.5) is 0 Å². The number of aryl methyl sites for hydroxylation is 4. The molecule has 17 heavy (non-hydrogen) atoms. The first kappa shape index (κ1) is 11.9. The van der Waals surface area contributed by atoms with Crippen molar-refractivity contribution in [1.82, 2.24) is 0 Å². The zero-order valence-corrected chi connectivity index (χ0v) is 13.3. The molecule has 2 heterocycles. The van der Waals surface area contributed by atoms with Crippen LogP contribution in [-0.4, -0.2) is 0 Å². The Balaban J connectivity index is 1.95. The van der Waals surface area contributed by atoms with Gasteiger partial charge in [0.1, 0.15) is 0 Å². The highest BCUT2D eigenvalue weighted by atomic mass is 79.9. The summed E-state index contributed by atoms with van der Waals surface area (Å²) in [7, 11) is 0. The molecule has 3 heteroatoms. The molecule has 1 aliphatic rings. The fourth-order valence-corrected chi connectivity index (χ4v) is 5.79. The molecule has 2 aromatic rings. The van der Waals surface area contributed by atoms with E-state index < -0.39 is 0 Å². The van der Waals surface area contributed by atoms with Gasteiger partial charge in [-0.3, -0.25) is 0 Å². The summed E-state index contributed by atoms with van der Waals surface area (Å²) in [5, 5.41) is 0. The van der Waals surface area contributed by atoms with Crippen molar-refractivity contribution in [2.24, 2.45) is 0 Å². The fraction of sp³-hybridized carbons (Fsp3) is 0.429. The van der Waals surface area contributed by atoms with Crippen LogP contribution >= 0.6 is 38.6 Å². The second-order valence-electron chi connectivity index (χ2n) is 4.68. The largest absolute Gasteiger partial charge is 0.146 e. The molecular formula is C14H15BrS2. The van der Waals surface area contributed by atoms with Crippen molar-refractivity contribution in [2.75, 3.05) is 0 Å². The van der Waals surface area contributed by atoms with Crippen LogP contribution in [0.15, 0.2) is 12.1 Å². The third-order valence-electron chi connectivity index (χ3n) is 3.37.